The first-order valence-corrected chi connectivity index (χ1v) is 9.48. The Kier molecular flexibility index (Phi) is 6.55. The highest BCUT2D eigenvalue weighted by molar-refractivity contribution is 7.80. The molecule has 0 amide bonds. The molecule has 3 rings (SSSR count). The summed E-state index contributed by atoms with van der Waals surface area (Å²) in [6, 6.07) is 14.8. The third-order valence-electron chi connectivity index (χ3n) is 3.65. The molecule has 0 saturated carbocycles. The largest absolute Gasteiger partial charge is 0.494 e. The molecule has 0 atom stereocenters. The summed E-state index contributed by atoms with van der Waals surface area (Å²) in [6.07, 6.45) is 1.85. The van der Waals surface area contributed by atoms with Crippen molar-refractivity contribution in [3.63, 3.8) is 0 Å². The number of hydrogen-bond acceptors (Lipinski definition) is 3. The lowest BCUT2D eigenvalue weighted by Crippen LogP contribution is -2.19. The van der Waals surface area contributed by atoms with E-state index in [1.165, 1.54) is 0 Å². The van der Waals surface area contributed by atoms with Crippen LogP contribution >= 0.6 is 35.4 Å². The van der Waals surface area contributed by atoms with E-state index in [0.29, 0.717) is 34.1 Å². The van der Waals surface area contributed by atoms with Gasteiger partial charge in [0, 0.05) is 28.0 Å². The van der Waals surface area contributed by atoms with Gasteiger partial charge in [-0.25, -0.2) is 0 Å². The first kappa shape index (κ1) is 19.5. The number of thiocarbonyl (C=S) groups is 1. The molecule has 2 aromatic carbocycles. The van der Waals surface area contributed by atoms with Crippen LogP contribution in [-0.2, 0) is 6.54 Å². The minimum atomic E-state index is 0.453. The molecular weight excluding hydrogens is 403 g/mol. The molecule has 5 nitrogen and oxygen atoms in total. The van der Waals surface area contributed by atoms with E-state index < -0.39 is 0 Å². The normalized spacial score (nSPS) is 10.5. The predicted octanol–water partition coefficient (Wildman–Crippen LogP) is 5.45. The lowest BCUT2D eigenvalue weighted by Gasteiger charge is -2.10. The number of benzene rings is 2. The number of halogens is 2. The standard InChI is InChI=1S/C19H18Cl2N4OS/c1-2-26-16-7-5-15(6-8-16)22-19(27)23-18-9-10-25(24-18)12-13-3-4-14(20)11-17(13)21/h3-11H,2,12H2,1H3,(H2,22,23,24,27). The number of ether oxygens (including phenoxy) is 1. The van der Waals surface area contributed by atoms with Crippen molar-refractivity contribution in [2.45, 2.75) is 13.5 Å². The molecule has 0 aliphatic rings. The van der Waals surface area contributed by atoms with Crippen molar-refractivity contribution in [2.75, 3.05) is 17.2 Å². The summed E-state index contributed by atoms with van der Waals surface area (Å²) in [4.78, 5) is 0. The molecule has 0 unspecified atom stereocenters. The van der Waals surface area contributed by atoms with Gasteiger partial charge in [-0.2, -0.15) is 5.10 Å². The number of nitrogens with one attached hydrogen (secondary N) is 2. The zero-order chi connectivity index (χ0) is 19.2. The lowest BCUT2D eigenvalue weighted by atomic mass is 10.2. The first-order valence-electron chi connectivity index (χ1n) is 8.31. The molecular formula is C19H18Cl2N4OS. The van der Waals surface area contributed by atoms with Gasteiger partial charge in [-0.15, -0.1) is 0 Å². The zero-order valence-corrected chi connectivity index (χ0v) is 16.9. The average Bonchev–Trinajstić information content (AvgIpc) is 3.06. The Hall–Kier alpha value is -2.28. The van der Waals surface area contributed by atoms with Crippen LogP contribution in [0.15, 0.2) is 54.7 Å². The van der Waals surface area contributed by atoms with Gasteiger partial charge < -0.3 is 15.4 Å². The molecule has 0 bridgehead atoms. The molecule has 8 heteroatoms. The summed E-state index contributed by atoms with van der Waals surface area (Å²) in [7, 11) is 0. The summed E-state index contributed by atoms with van der Waals surface area (Å²) in [5, 5.41) is 12.3. The van der Waals surface area contributed by atoms with Crippen LogP contribution in [0.3, 0.4) is 0 Å². The summed E-state index contributed by atoms with van der Waals surface area (Å²) < 4.78 is 7.20. The van der Waals surface area contributed by atoms with Crippen LogP contribution < -0.4 is 15.4 Å². The molecule has 1 heterocycles. The van der Waals surface area contributed by atoms with E-state index in [2.05, 4.69) is 15.7 Å². The highest BCUT2D eigenvalue weighted by atomic mass is 35.5. The number of nitrogens with zero attached hydrogens (tertiary/aromatic N) is 2. The van der Waals surface area contributed by atoms with Crippen LogP contribution in [-0.4, -0.2) is 21.5 Å². The number of rotatable bonds is 6. The van der Waals surface area contributed by atoms with Crippen molar-refractivity contribution >= 4 is 52.0 Å². The SMILES string of the molecule is CCOc1ccc(NC(=S)Nc2ccn(Cc3ccc(Cl)cc3Cl)n2)cc1. The van der Waals surface area contributed by atoms with Crippen molar-refractivity contribution in [3.05, 3.63) is 70.3 Å². The van der Waals surface area contributed by atoms with Crippen LogP contribution in [0.4, 0.5) is 11.5 Å². The fourth-order valence-corrected chi connectivity index (χ4v) is 3.11. The maximum absolute atomic E-state index is 6.21. The fourth-order valence-electron chi connectivity index (χ4n) is 2.42. The van der Waals surface area contributed by atoms with Crippen molar-refractivity contribution in [2.24, 2.45) is 0 Å². The molecule has 1 aromatic heterocycles. The number of anilines is 2. The highest BCUT2D eigenvalue weighted by Crippen LogP contribution is 2.22. The highest BCUT2D eigenvalue weighted by Gasteiger charge is 2.06. The van der Waals surface area contributed by atoms with Gasteiger partial charge in [0.15, 0.2) is 10.9 Å². The fraction of sp³-hybridized carbons (Fsp3) is 0.158. The van der Waals surface area contributed by atoms with Crippen LogP contribution in [0.2, 0.25) is 10.0 Å². The molecule has 3 aromatic rings. The van der Waals surface area contributed by atoms with E-state index >= 15 is 0 Å². The van der Waals surface area contributed by atoms with E-state index in [0.717, 1.165) is 17.0 Å². The first-order chi connectivity index (χ1) is 13.0. The predicted molar refractivity (Wildman–Crippen MR) is 115 cm³/mol. The zero-order valence-electron chi connectivity index (χ0n) is 14.6. The van der Waals surface area contributed by atoms with E-state index in [1.807, 2.05) is 49.5 Å². The number of aromatic nitrogens is 2. The van der Waals surface area contributed by atoms with Crippen molar-refractivity contribution in [3.8, 4) is 5.75 Å². The smallest absolute Gasteiger partial charge is 0.176 e. The third-order valence-corrected chi connectivity index (χ3v) is 4.44. The minimum Gasteiger partial charge on any atom is -0.494 e. The maximum atomic E-state index is 6.21. The quantitative estimate of drug-likeness (QED) is 0.519. The Morgan fingerprint density at radius 1 is 1.11 bits per heavy atom. The van der Waals surface area contributed by atoms with Gasteiger partial charge in [-0.1, -0.05) is 29.3 Å². The van der Waals surface area contributed by atoms with Crippen molar-refractivity contribution < 1.29 is 4.74 Å². The van der Waals surface area contributed by atoms with Crippen molar-refractivity contribution in [1.29, 1.82) is 0 Å². The Bertz CT molecular complexity index is 928. The third kappa shape index (κ3) is 5.60. The summed E-state index contributed by atoms with van der Waals surface area (Å²) in [5.41, 5.74) is 1.80. The molecule has 2 N–H and O–H groups in total. The molecule has 140 valence electrons. The topological polar surface area (TPSA) is 51.1 Å². The maximum Gasteiger partial charge on any atom is 0.176 e. The Balaban J connectivity index is 1.57. The molecule has 0 fully saturated rings. The van der Waals surface area contributed by atoms with Gasteiger partial charge in [0.05, 0.1) is 13.2 Å². The summed E-state index contributed by atoms with van der Waals surface area (Å²) >= 11 is 17.5. The van der Waals surface area contributed by atoms with E-state index in [4.69, 9.17) is 40.2 Å². The summed E-state index contributed by atoms with van der Waals surface area (Å²) in [6.45, 7) is 3.12. The molecule has 0 aliphatic heterocycles. The van der Waals surface area contributed by atoms with E-state index in [-0.39, 0.29) is 0 Å². The van der Waals surface area contributed by atoms with Crippen LogP contribution in [0.25, 0.3) is 0 Å². The van der Waals surface area contributed by atoms with Gasteiger partial charge in [-0.3, -0.25) is 4.68 Å². The van der Waals surface area contributed by atoms with Gasteiger partial charge in [0.25, 0.3) is 0 Å². The molecule has 0 spiro atoms. The molecule has 0 aliphatic carbocycles. The van der Waals surface area contributed by atoms with Crippen molar-refractivity contribution in [1.82, 2.24) is 9.78 Å². The number of hydrogen-bond donors (Lipinski definition) is 2. The monoisotopic (exact) mass is 420 g/mol. The minimum absolute atomic E-state index is 0.453. The van der Waals surface area contributed by atoms with Crippen LogP contribution in [0, 0.1) is 0 Å². The van der Waals surface area contributed by atoms with E-state index in [1.54, 1.807) is 16.8 Å². The van der Waals surface area contributed by atoms with E-state index in [9.17, 15) is 0 Å². The second-order valence-corrected chi connectivity index (χ2v) is 6.92. The molecule has 0 saturated heterocycles. The Labute approximate surface area is 173 Å². The van der Waals surface area contributed by atoms with Gasteiger partial charge >= 0.3 is 0 Å². The lowest BCUT2D eigenvalue weighted by molar-refractivity contribution is 0.340. The van der Waals surface area contributed by atoms with Crippen LogP contribution in [0.5, 0.6) is 5.75 Å². The average molecular weight is 421 g/mol. The second-order valence-electron chi connectivity index (χ2n) is 5.67. The Morgan fingerprint density at radius 3 is 2.59 bits per heavy atom. The molecule has 27 heavy (non-hydrogen) atoms. The second kappa shape index (κ2) is 9.08. The van der Waals surface area contributed by atoms with Gasteiger partial charge in [0.1, 0.15) is 5.75 Å². The van der Waals surface area contributed by atoms with Gasteiger partial charge in [0.2, 0.25) is 0 Å². The van der Waals surface area contributed by atoms with Crippen LogP contribution in [0.1, 0.15) is 12.5 Å². The molecule has 0 radical (unpaired) electrons. The Morgan fingerprint density at radius 2 is 1.89 bits per heavy atom. The van der Waals surface area contributed by atoms with Gasteiger partial charge in [-0.05, 0) is 61.1 Å². The summed E-state index contributed by atoms with van der Waals surface area (Å²) in [5.74, 6) is 1.46.